The average Bonchev–Trinajstić information content (AvgIpc) is 2.48. The minimum Gasteiger partial charge on any atom is -0.495 e. The first-order valence-electron chi connectivity index (χ1n) is 6.28. The highest BCUT2D eigenvalue weighted by molar-refractivity contribution is 6.32. The fraction of sp³-hybridized carbons (Fsp3) is 0.188. The molecule has 0 unspecified atom stereocenters. The van der Waals surface area contributed by atoms with Crippen molar-refractivity contribution < 1.29 is 9.47 Å². The van der Waals surface area contributed by atoms with Crippen molar-refractivity contribution in [2.75, 3.05) is 19.5 Å². The van der Waals surface area contributed by atoms with Gasteiger partial charge in [0.05, 0.1) is 36.2 Å². The molecule has 0 saturated carbocycles. The van der Waals surface area contributed by atoms with E-state index in [2.05, 4.69) is 11.4 Å². The van der Waals surface area contributed by atoms with Gasteiger partial charge in [-0.05, 0) is 30.7 Å². The Labute approximate surface area is 128 Å². The molecule has 0 saturated heterocycles. The monoisotopic (exact) mass is 302 g/mol. The summed E-state index contributed by atoms with van der Waals surface area (Å²) in [6.07, 6.45) is 0. The van der Waals surface area contributed by atoms with Gasteiger partial charge in [0.15, 0.2) is 0 Å². The predicted octanol–water partition coefficient (Wildman–Crippen LogP) is 4.28. The maximum Gasteiger partial charge on any atom is 0.146 e. The molecule has 108 valence electrons. The molecule has 2 rings (SSSR count). The number of methoxy groups -OCH3 is 2. The molecule has 21 heavy (non-hydrogen) atoms. The number of halogens is 1. The Bertz CT molecular complexity index is 708. The van der Waals surface area contributed by atoms with Crippen LogP contribution in [0.15, 0.2) is 30.3 Å². The van der Waals surface area contributed by atoms with Crippen molar-refractivity contribution in [3.63, 3.8) is 0 Å². The lowest BCUT2D eigenvalue weighted by Crippen LogP contribution is -1.98. The van der Waals surface area contributed by atoms with Gasteiger partial charge in [-0.3, -0.25) is 0 Å². The molecular weight excluding hydrogens is 288 g/mol. The van der Waals surface area contributed by atoms with Crippen molar-refractivity contribution in [3.8, 4) is 17.6 Å². The van der Waals surface area contributed by atoms with Crippen LogP contribution in [-0.4, -0.2) is 14.2 Å². The summed E-state index contributed by atoms with van der Waals surface area (Å²) in [4.78, 5) is 0. The van der Waals surface area contributed by atoms with E-state index in [9.17, 15) is 5.26 Å². The van der Waals surface area contributed by atoms with Gasteiger partial charge in [0, 0.05) is 6.07 Å². The van der Waals surface area contributed by atoms with E-state index < -0.39 is 0 Å². The molecule has 2 aromatic rings. The molecule has 0 atom stereocenters. The number of hydrogen-bond donors (Lipinski definition) is 1. The molecule has 0 heterocycles. The van der Waals surface area contributed by atoms with Crippen molar-refractivity contribution in [2.24, 2.45) is 0 Å². The molecule has 0 bridgehead atoms. The maximum atomic E-state index is 9.18. The Morgan fingerprint density at radius 2 is 1.76 bits per heavy atom. The lowest BCUT2D eigenvalue weighted by molar-refractivity contribution is 0.396. The molecule has 0 radical (unpaired) electrons. The lowest BCUT2D eigenvalue weighted by Gasteiger charge is -2.15. The van der Waals surface area contributed by atoms with E-state index in [-0.39, 0.29) is 0 Å². The summed E-state index contributed by atoms with van der Waals surface area (Å²) in [5.74, 6) is 1.12. The van der Waals surface area contributed by atoms with Crippen molar-refractivity contribution >= 4 is 23.0 Å². The van der Waals surface area contributed by atoms with Crippen LogP contribution in [0.1, 0.15) is 11.1 Å². The summed E-state index contributed by atoms with van der Waals surface area (Å²) in [7, 11) is 3.11. The number of nitrogens with zero attached hydrogens (tertiary/aromatic N) is 1. The Balaban J connectivity index is 2.47. The topological polar surface area (TPSA) is 54.3 Å². The number of nitrogens with one attached hydrogen (secondary N) is 1. The number of ether oxygens (including phenoxy) is 2. The van der Waals surface area contributed by atoms with E-state index in [0.717, 1.165) is 5.56 Å². The highest BCUT2D eigenvalue weighted by Crippen LogP contribution is 2.37. The van der Waals surface area contributed by atoms with Gasteiger partial charge >= 0.3 is 0 Å². The number of benzene rings is 2. The second-order valence-electron chi connectivity index (χ2n) is 4.47. The highest BCUT2D eigenvalue weighted by atomic mass is 35.5. The van der Waals surface area contributed by atoms with Crippen LogP contribution in [0, 0.1) is 18.3 Å². The largest absolute Gasteiger partial charge is 0.495 e. The van der Waals surface area contributed by atoms with E-state index in [4.69, 9.17) is 21.1 Å². The van der Waals surface area contributed by atoms with Crippen LogP contribution in [0.3, 0.4) is 0 Å². The Morgan fingerprint density at radius 1 is 1.05 bits per heavy atom. The minimum atomic E-state index is 0.465. The van der Waals surface area contributed by atoms with E-state index >= 15 is 0 Å². The molecule has 0 aliphatic rings. The quantitative estimate of drug-likeness (QED) is 0.916. The lowest BCUT2D eigenvalue weighted by atomic mass is 10.1. The van der Waals surface area contributed by atoms with Gasteiger partial charge in [0.2, 0.25) is 0 Å². The van der Waals surface area contributed by atoms with Crippen LogP contribution in [-0.2, 0) is 0 Å². The highest BCUT2D eigenvalue weighted by Gasteiger charge is 2.12. The number of nitriles is 1. The SMILES string of the molecule is COc1cc(OC)c(Nc2cc(C)ccc2C#N)cc1Cl. The van der Waals surface area contributed by atoms with E-state index in [1.165, 1.54) is 0 Å². The third-order valence-corrected chi connectivity index (χ3v) is 3.33. The van der Waals surface area contributed by atoms with Gasteiger partial charge in [-0.25, -0.2) is 0 Å². The Hall–Kier alpha value is -2.38. The van der Waals surface area contributed by atoms with Crippen LogP contribution in [0.5, 0.6) is 11.5 Å². The van der Waals surface area contributed by atoms with Crippen molar-refractivity contribution in [1.82, 2.24) is 0 Å². The molecule has 0 amide bonds. The van der Waals surface area contributed by atoms with Gasteiger partial charge in [0.25, 0.3) is 0 Å². The number of hydrogen-bond acceptors (Lipinski definition) is 4. The van der Waals surface area contributed by atoms with Crippen LogP contribution >= 0.6 is 11.6 Å². The zero-order valence-corrected chi connectivity index (χ0v) is 12.8. The smallest absolute Gasteiger partial charge is 0.146 e. The van der Waals surface area contributed by atoms with Gasteiger partial charge in [0.1, 0.15) is 17.6 Å². The third kappa shape index (κ3) is 3.21. The summed E-state index contributed by atoms with van der Waals surface area (Å²) < 4.78 is 10.5. The first-order chi connectivity index (χ1) is 10.1. The fourth-order valence-corrected chi connectivity index (χ4v) is 2.20. The normalized spacial score (nSPS) is 9.86. The molecule has 0 spiro atoms. The minimum absolute atomic E-state index is 0.465. The van der Waals surface area contributed by atoms with E-state index in [1.807, 2.05) is 19.1 Å². The second-order valence-corrected chi connectivity index (χ2v) is 4.88. The molecular formula is C16H15ClN2O2. The molecule has 5 heteroatoms. The fourth-order valence-electron chi connectivity index (χ4n) is 1.96. The first-order valence-corrected chi connectivity index (χ1v) is 6.66. The van der Waals surface area contributed by atoms with Gasteiger partial charge in [-0.15, -0.1) is 0 Å². The molecule has 0 fully saturated rings. The molecule has 0 aliphatic heterocycles. The molecule has 1 N–H and O–H groups in total. The predicted molar refractivity (Wildman–Crippen MR) is 83.7 cm³/mol. The van der Waals surface area contributed by atoms with Crippen molar-refractivity contribution in [3.05, 3.63) is 46.5 Å². The van der Waals surface area contributed by atoms with Crippen LogP contribution in [0.2, 0.25) is 5.02 Å². The van der Waals surface area contributed by atoms with Crippen molar-refractivity contribution in [1.29, 1.82) is 5.26 Å². The molecule has 4 nitrogen and oxygen atoms in total. The van der Waals surface area contributed by atoms with Gasteiger partial charge < -0.3 is 14.8 Å². The van der Waals surface area contributed by atoms with Gasteiger partial charge in [-0.1, -0.05) is 17.7 Å². The molecule has 0 aromatic heterocycles. The average molecular weight is 303 g/mol. The summed E-state index contributed by atoms with van der Waals surface area (Å²) >= 11 is 6.14. The zero-order valence-electron chi connectivity index (χ0n) is 12.0. The standard InChI is InChI=1S/C16H15ClN2O2/c1-10-4-5-11(9-18)13(6-10)19-14-7-12(17)15(20-2)8-16(14)21-3/h4-8,19H,1-3H3. The maximum absolute atomic E-state index is 9.18. The Kier molecular flexibility index (Phi) is 4.56. The van der Waals surface area contributed by atoms with Gasteiger partial charge in [-0.2, -0.15) is 5.26 Å². The zero-order chi connectivity index (χ0) is 15.4. The first kappa shape index (κ1) is 15.0. The second kappa shape index (κ2) is 6.38. The summed E-state index contributed by atoms with van der Waals surface area (Å²) in [5.41, 5.74) is 2.98. The number of aryl methyl sites for hydroxylation is 1. The summed E-state index contributed by atoms with van der Waals surface area (Å²) in [6.45, 7) is 1.96. The Morgan fingerprint density at radius 3 is 2.38 bits per heavy atom. The molecule has 2 aromatic carbocycles. The van der Waals surface area contributed by atoms with E-state index in [1.54, 1.807) is 32.4 Å². The number of rotatable bonds is 4. The molecule has 0 aliphatic carbocycles. The third-order valence-electron chi connectivity index (χ3n) is 3.04. The summed E-state index contributed by atoms with van der Waals surface area (Å²) in [6, 6.07) is 11.1. The van der Waals surface area contributed by atoms with E-state index in [0.29, 0.717) is 33.5 Å². The van der Waals surface area contributed by atoms with Crippen LogP contribution < -0.4 is 14.8 Å². The van der Waals surface area contributed by atoms with Crippen LogP contribution in [0.25, 0.3) is 0 Å². The number of anilines is 2. The van der Waals surface area contributed by atoms with Crippen molar-refractivity contribution in [2.45, 2.75) is 6.92 Å². The summed E-state index contributed by atoms with van der Waals surface area (Å²) in [5, 5.41) is 12.8. The van der Waals surface area contributed by atoms with Crippen LogP contribution in [0.4, 0.5) is 11.4 Å².